The second kappa shape index (κ2) is 8.52. The first-order valence-corrected chi connectivity index (χ1v) is 10.0. The lowest BCUT2D eigenvalue weighted by atomic mass is 9.83. The highest BCUT2D eigenvalue weighted by molar-refractivity contribution is 6.07. The molecule has 1 heterocycles. The Kier molecular flexibility index (Phi) is 5.62. The number of hydrogen-bond acceptors (Lipinski definition) is 4. The number of rotatable bonds is 7. The number of methoxy groups -OCH3 is 2. The molecule has 1 N–H and O–H groups in total. The first-order valence-electron chi connectivity index (χ1n) is 10.0. The Labute approximate surface area is 181 Å². The molecular weight excluding hydrogens is 392 g/mol. The number of benzene rings is 3. The number of nitrogens with one attached hydrogen (secondary N) is 1. The summed E-state index contributed by atoms with van der Waals surface area (Å²) >= 11 is 0. The maximum absolute atomic E-state index is 13.8. The smallest absolute Gasteiger partial charge is 0.325 e. The van der Waals surface area contributed by atoms with Gasteiger partial charge in [-0.2, -0.15) is 0 Å². The lowest BCUT2D eigenvalue weighted by molar-refractivity contribution is -0.132. The molecule has 1 fully saturated rings. The van der Waals surface area contributed by atoms with E-state index in [1.165, 1.54) is 4.90 Å². The van der Waals surface area contributed by atoms with Crippen LogP contribution < -0.4 is 14.8 Å². The number of amides is 3. The fourth-order valence-electron chi connectivity index (χ4n) is 3.99. The molecule has 3 aromatic rings. The van der Waals surface area contributed by atoms with Gasteiger partial charge in [0.1, 0.15) is 11.5 Å². The highest BCUT2D eigenvalue weighted by Crippen LogP contribution is 2.35. The molecular formula is C25H24N2O4. The molecule has 3 amide bonds. The summed E-state index contributed by atoms with van der Waals surface area (Å²) in [6, 6.07) is 23.9. The van der Waals surface area contributed by atoms with Crippen LogP contribution in [0.25, 0.3) is 0 Å². The van der Waals surface area contributed by atoms with Crippen molar-refractivity contribution < 1.29 is 19.1 Å². The number of urea groups is 1. The van der Waals surface area contributed by atoms with Gasteiger partial charge < -0.3 is 14.8 Å². The summed E-state index contributed by atoms with van der Waals surface area (Å²) < 4.78 is 10.7. The number of carbonyl (C=O) groups is 2. The molecule has 0 bridgehead atoms. The van der Waals surface area contributed by atoms with Gasteiger partial charge >= 0.3 is 6.03 Å². The van der Waals surface area contributed by atoms with E-state index in [0.29, 0.717) is 23.5 Å². The largest absolute Gasteiger partial charge is 0.497 e. The first kappa shape index (κ1) is 20.5. The zero-order chi connectivity index (χ0) is 21.8. The van der Waals surface area contributed by atoms with Crippen molar-refractivity contribution >= 4 is 11.9 Å². The lowest BCUT2D eigenvalue weighted by Crippen LogP contribution is -2.46. The van der Waals surface area contributed by atoms with Gasteiger partial charge in [-0.1, -0.05) is 60.7 Å². The van der Waals surface area contributed by atoms with Crippen LogP contribution in [0.3, 0.4) is 0 Å². The Morgan fingerprint density at radius 2 is 1.55 bits per heavy atom. The minimum absolute atomic E-state index is 0.0778. The quantitative estimate of drug-likeness (QED) is 0.594. The number of hydrogen-bond donors (Lipinski definition) is 1. The van der Waals surface area contributed by atoms with Gasteiger partial charge in [-0.25, -0.2) is 4.79 Å². The minimum Gasteiger partial charge on any atom is -0.497 e. The Morgan fingerprint density at radius 1 is 0.871 bits per heavy atom. The van der Waals surface area contributed by atoms with Crippen molar-refractivity contribution in [1.29, 1.82) is 0 Å². The van der Waals surface area contributed by atoms with Crippen LogP contribution in [0.15, 0.2) is 78.9 Å². The summed E-state index contributed by atoms with van der Waals surface area (Å²) in [6.45, 7) is 0.0778. The van der Waals surface area contributed by atoms with E-state index in [0.717, 1.165) is 11.1 Å². The van der Waals surface area contributed by atoms with Gasteiger partial charge in [-0.3, -0.25) is 9.69 Å². The molecule has 6 heteroatoms. The molecule has 0 saturated carbocycles. The Hall–Kier alpha value is -3.80. The van der Waals surface area contributed by atoms with Crippen LogP contribution in [0.1, 0.15) is 16.7 Å². The average molecular weight is 416 g/mol. The molecule has 6 nitrogen and oxygen atoms in total. The van der Waals surface area contributed by atoms with Gasteiger partial charge in [0, 0.05) is 12.0 Å². The summed E-state index contributed by atoms with van der Waals surface area (Å²) in [6.07, 6.45) is 0.355. The maximum Gasteiger partial charge on any atom is 0.325 e. The zero-order valence-electron chi connectivity index (χ0n) is 17.5. The molecule has 0 spiro atoms. The zero-order valence-corrected chi connectivity index (χ0v) is 17.5. The fraction of sp³-hybridized carbons (Fsp3) is 0.200. The highest BCUT2D eigenvalue weighted by atomic mass is 16.5. The van der Waals surface area contributed by atoms with Gasteiger partial charge in [0.25, 0.3) is 5.91 Å². The van der Waals surface area contributed by atoms with Crippen LogP contribution in [0.4, 0.5) is 4.79 Å². The van der Waals surface area contributed by atoms with E-state index in [2.05, 4.69) is 5.32 Å². The van der Waals surface area contributed by atoms with Crippen LogP contribution in [0.5, 0.6) is 11.5 Å². The lowest BCUT2D eigenvalue weighted by Gasteiger charge is -2.27. The third-order valence-electron chi connectivity index (χ3n) is 5.57. The monoisotopic (exact) mass is 416 g/mol. The number of nitrogens with zero attached hydrogens (tertiary/aromatic N) is 1. The summed E-state index contributed by atoms with van der Waals surface area (Å²) in [5, 5.41) is 2.98. The predicted octanol–water partition coefficient (Wildman–Crippen LogP) is 3.89. The van der Waals surface area contributed by atoms with Crippen LogP contribution in [0, 0.1) is 0 Å². The van der Waals surface area contributed by atoms with Gasteiger partial charge in [0.15, 0.2) is 5.54 Å². The third-order valence-corrected chi connectivity index (χ3v) is 5.57. The standard InChI is InChI=1S/C25H24N2O4/c1-30-21-13-14-22(31-2)19(15-21)17-27-23(28)25(26-24(27)29,20-11-7-4-8-12-20)16-18-9-5-3-6-10-18/h3-15H,16-17H2,1-2H3,(H,26,29). The van der Waals surface area contributed by atoms with Crippen LogP contribution in [-0.2, 0) is 23.3 Å². The number of ether oxygens (including phenoxy) is 2. The molecule has 0 aliphatic carbocycles. The van der Waals surface area contributed by atoms with Crippen molar-refractivity contribution in [1.82, 2.24) is 10.2 Å². The van der Waals surface area contributed by atoms with Crippen molar-refractivity contribution in [2.24, 2.45) is 0 Å². The fourth-order valence-corrected chi connectivity index (χ4v) is 3.99. The number of imide groups is 1. The molecule has 0 radical (unpaired) electrons. The highest BCUT2D eigenvalue weighted by Gasteiger charge is 2.52. The van der Waals surface area contributed by atoms with Crippen molar-refractivity contribution in [3.05, 3.63) is 95.6 Å². The molecule has 4 rings (SSSR count). The second-order valence-corrected chi connectivity index (χ2v) is 7.43. The van der Waals surface area contributed by atoms with E-state index < -0.39 is 11.6 Å². The normalized spacial score (nSPS) is 18.1. The van der Waals surface area contributed by atoms with E-state index in [9.17, 15) is 9.59 Å². The van der Waals surface area contributed by atoms with Gasteiger partial charge in [0.05, 0.1) is 20.8 Å². The van der Waals surface area contributed by atoms with Crippen LogP contribution >= 0.6 is 0 Å². The SMILES string of the molecule is COc1ccc(OC)c(CN2C(=O)NC(Cc3ccccc3)(c3ccccc3)C2=O)c1. The van der Waals surface area contributed by atoms with Gasteiger partial charge in [-0.15, -0.1) is 0 Å². The van der Waals surface area contributed by atoms with E-state index in [-0.39, 0.29) is 12.5 Å². The average Bonchev–Trinajstić information content (AvgIpc) is 3.05. The van der Waals surface area contributed by atoms with Crippen LogP contribution in [-0.4, -0.2) is 31.1 Å². The molecule has 1 atom stereocenters. The predicted molar refractivity (Wildman–Crippen MR) is 117 cm³/mol. The molecule has 1 saturated heterocycles. The van der Waals surface area contributed by atoms with Crippen molar-refractivity contribution in [2.75, 3.05) is 14.2 Å². The van der Waals surface area contributed by atoms with Crippen molar-refractivity contribution in [2.45, 2.75) is 18.5 Å². The molecule has 3 aromatic carbocycles. The van der Waals surface area contributed by atoms with E-state index in [4.69, 9.17) is 9.47 Å². The van der Waals surface area contributed by atoms with E-state index in [1.807, 2.05) is 60.7 Å². The van der Waals surface area contributed by atoms with E-state index >= 15 is 0 Å². The molecule has 1 unspecified atom stereocenters. The Morgan fingerprint density at radius 3 is 2.19 bits per heavy atom. The number of carbonyl (C=O) groups excluding carboxylic acids is 2. The summed E-state index contributed by atoms with van der Waals surface area (Å²) in [7, 11) is 3.13. The van der Waals surface area contributed by atoms with Gasteiger partial charge in [0.2, 0.25) is 0 Å². The first-order chi connectivity index (χ1) is 15.1. The molecule has 0 aromatic heterocycles. The Balaban J connectivity index is 1.73. The molecule has 1 aliphatic rings. The minimum atomic E-state index is -1.17. The van der Waals surface area contributed by atoms with E-state index in [1.54, 1.807) is 32.4 Å². The summed E-state index contributed by atoms with van der Waals surface area (Å²) in [5.41, 5.74) is 1.22. The van der Waals surface area contributed by atoms with Crippen molar-refractivity contribution in [3.63, 3.8) is 0 Å². The van der Waals surface area contributed by atoms with Gasteiger partial charge in [-0.05, 0) is 29.3 Å². The summed E-state index contributed by atoms with van der Waals surface area (Å²) in [5.74, 6) is 0.917. The third kappa shape index (κ3) is 3.84. The molecule has 31 heavy (non-hydrogen) atoms. The van der Waals surface area contributed by atoms with Crippen molar-refractivity contribution in [3.8, 4) is 11.5 Å². The maximum atomic E-state index is 13.8. The van der Waals surface area contributed by atoms with Crippen LogP contribution in [0.2, 0.25) is 0 Å². The second-order valence-electron chi connectivity index (χ2n) is 7.43. The topological polar surface area (TPSA) is 67.9 Å². The summed E-state index contributed by atoms with van der Waals surface area (Å²) in [4.78, 5) is 28.1. The molecule has 158 valence electrons. The Bertz CT molecular complexity index is 1090. The molecule has 1 aliphatic heterocycles.